The van der Waals surface area contributed by atoms with Crippen LogP contribution in [0.5, 0.6) is 11.5 Å². The fourth-order valence-corrected chi connectivity index (χ4v) is 7.00. The zero-order valence-corrected chi connectivity index (χ0v) is 29.2. The Hall–Kier alpha value is -6.07. The molecule has 0 atom stereocenters. The zero-order valence-electron chi connectivity index (χ0n) is 29.2. The summed E-state index contributed by atoms with van der Waals surface area (Å²) >= 11 is 0. The number of fused-ring (bicyclic) bond motifs is 4. The van der Waals surface area contributed by atoms with Crippen LogP contribution in [-0.2, 0) is 5.41 Å². The number of allylic oxidation sites excluding steroid dienone is 1. The second kappa shape index (κ2) is 12.4. The van der Waals surface area contributed by atoms with E-state index in [4.69, 9.17) is 4.74 Å². The summed E-state index contributed by atoms with van der Waals surface area (Å²) in [6.45, 7) is 8.82. The molecule has 0 bridgehead atoms. The maximum absolute atomic E-state index is 6.62. The predicted molar refractivity (Wildman–Crippen MR) is 207 cm³/mol. The number of rotatable bonds is 7. The predicted octanol–water partition coefficient (Wildman–Crippen LogP) is 10.8. The van der Waals surface area contributed by atoms with Crippen molar-refractivity contribution in [2.24, 2.45) is 0 Å². The van der Waals surface area contributed by atoms with E-state index in [1.807, 2.05) is 13.1 Å². The average molecular weight is 654 g/mol. The number of nitrogens with zero attached hydrogens (tertiary/aromatic N) is 3. The van der Waals surface area contributed by atoms with Crippen molar-refractivity contribution in [1.29, 1.82) is 0 Å². The number of benzene rings is 6. The first-order chi connectivity index (χ1) is 24.3. The van der Waals surface area contributed by atoms with Crippen LogP contribution in [-0.4, -0.2) is 16.2 Å². The molecule has 0 radical (unpaired) electrons. The Morgan fingerprint density at radius 1 is 0.660 bits per heavy atom. The Labute approximate surface area is 293 Å². The van der Waals surface area contributed by atoms with E-state index in [0.29, 0.717) is 0 Å². The molecule has 0 fully saturated rings. The first-order valence-electron chi connectivity index (χ1n) is 17.2. The number of ether oxygens (including phenoxy) is 1. The summed E-state index contributed by atoms with van der Waals surface area (Å²) in [5, 5.41) is 5.77. The summed E-state index contributed by atoms with van der Waals surface area (Å²) in [6.07, 6.45) is 4.28. The third-order valence-electron chi connectivity index (χ3n) is 9.57. The maximum atomic E-state index is 6.62. The van der Waals surface area contributed by atoms with Crippen LogP contribution in [0.1, 0.15) is 33.3 Å². The van der Waals surface area contributed by atoms with Gasteiger partial charge in [0.05, 0.1) is 11.0 Å². The molecule has 8 rings (SSSR count). The Kier molecular flexibility index (Phi) is 7.76. The van der Waals surface area contributed by atoms with Gasteiger partial charge >= 0.3 is 0 Å². The first kappa shape index (κ1) is 31.2. The van der Waals surface area contributed by atoms with Crippen molar-refractivity contribution in [3.63, 3.8) is 0 Å². The molecule has 2 aromatic heterocycles. The SMILES string of the molecule is C/C=C(\NC)n1c2ccc(-c3ccccc3)cc2c2ccc(Oc3cccc(-n4c[n+](-c5cccc(C(C)(C)C)c5)c5ccccc54)c3)cc21. The van der Waals surface area contributed by atoms with Crippen LogP contribution in [0.4, 0.5) is 0 Å². The van der Waals surface area contributed by atoms with Crippen molar-refractivity contribution < 1.29 is 9.30 Å². The van der Waals surface area contributed by atoms with Crippen molar-refractivity contribution in [1.82, 2.24) is 14.5 Å². The fraction of sp³-hybridized carbons (Fsp3) is 0.133. The standard InChI is InChI=1S/C45H41N4O/c1-6-44(46-5)49-40-25-22-32(31-14-8-7-9-15-31)26-39(40)38-24-23-37(29-43(38)49)50-36-19-13-18-35(28-36)48-30-47(41-20-10-11-21-42(41)48)34-17-12-16-33(27-34)45(2,3)4/h6-30,46H,1-5H3/q+1/b44-6+. The molecule has 0 spiro atoms. The Balaban J connectivity index is 1.19. The average Bonchev–Trinajstić information content (AvgIpc) is 3.68. The van der Waals surface area contributed by atoms with Gasteiger partial charge in [0.1, 0.15) is 28.7 Å². The highest BCUT2D eigenvalue weighted by molar-refractivity contribution is 6.11. The van der Waals surface area contributed by atoms with Gasteiger partial charge in [-0.3, -0.25) is 4.57 Å². The minimum atomic E-state index is 0.0601. The van der Waals surface area contributed by atoms with E-state index in [1.54, 1.807) is 0 Å². The van der Waals surface area contributed by atoms with Crippen molar-refractivity contribution in [3.05, 3.63) is 157 Å². The smallest absolute Gasteiger partial charge is 0.255 e. The minimum Gasteiger partial charge on any atom is -0.457 e. The molecule has 0 aliphatic heterocycles. The van der Waals surface area contributed by atoms with E-state index in [0.717, 1.165) is 50.8 Å². The zero-order chi connectivity index (χ0) is 34.4. The van der Waals surface area contributed by atoms with Crippen molar-refractivity contribution in [2.45, 2.75) is 33.1 Å². The van der Waals surface area contributed by atoms with Gasteiger partial charge in [-0.15, -0.1) is 0 Å². The Morgan fingerprint density at radius 2 is 1.44 bits per heavy atom. The normalized spacial score (nSPS) is 12.2. The molecule has 5 nitrogen and oxygen atoms in total. The first-order valence-corrected chi connectivity index (χ1v) is 17.2. The molecule has 0 aliphatic rings. The van der Waals surface area contributed by atoms with Crippen LogP contribution in [0.3, 0.4) is 0 Å². The third-order valence-corrected chi connectivity index (χ3v) is 9.57. The van der Waals surface area contributed by atoms with E-state index < -0.39 is 0 Å². The quantitative estimate of drug-likeness (QED) is 0.174. The summed E-state index contributed by atoms with van der Waals surface area (Å²) in [7, 11) is 1.97. The van der Waals surface area contributed by atoms with Gasteiger partial charge in [-0.25, -0.2) is 0 Å². The lowest BCUT2D eigenvalue weighted by molar-refractivity contribution is -0.567. The molecule has 8 aromatic rings. The Bertz CT molecular complexity index is 2550. The highest BCUT2D eigenvalue weighted by atomic mass is 16.5. The van der Waals surface area contributed by atoms with Crippen LogP contribution in [0.2, 0.25) is 0 Å². The summed E-state index contributed by atoms with van der Waals surface area (Å²) in [5.41, 5.74) is 10.4. The second-order valence-corrected chi connectivity index (χ2v) is 13.8. The molecule has 0 saturated heterocycles. The summed E-state index contributed by atoms with van der Waals surface area (Å²) in [6, 6.07) is 49.4. The molecule has 246 valence electrons. The fourth-order valence-electron chi connectivity index (χ4n) is 7.00. The highest BCUT2D eigenvalue weighted by Crippen LogP contribution is 2.37. The van der Waals surface area contributed by atoms with E-state index in [2.05, 4.69) is 193 Å². The summed E-state index contributed by atoms with van der Waals surface area (Å²) < 4.78 is 13.4. The summed E-state index contributed by atoms with van der Waals surface area (Å²) in [4.78, 5) is 0. The van der Waals surface area contributed by atoms with Crippen LogP contribution in [0.15, 0.2) is 152 Å². The van der Waals surface area contributed by atoms with Gasteiger partial charge in [-0.2, -0.15) is 9.13 Å². The number of nitrogens with one attached hydrogen (secondary N) is 1. The van der Waals surface area contributed by atoms with Crippen LogP contribution in [0, 0.1) is 0 Å². The lowest BCUT2D eigenvalue weighted by Crippen LogP contribution is -2.29. The maximum Gasteiger partial charge on any atom is 0.255 e. The topological polar surface area (TPSA) is 35.0 Å². The molecule has 5 heteroatoms. The van der Waals surface area contributed by atoms with Gasteiger partial charge < -0.3 is 10.1 Å². The van der Waals surface area contributed by atoms with E-state index in [-0.39, 0.29) is 5.41 Å². The molecule has 0 aliphatic carbocycles. The number of hydrogen-bond donors (Lipinski definition) is 1. The molecule has 0 amide bonds. The molecule has 2 heterocycles. The highest BCUT2D eigenvalue weighted by Gasteiger charge is 2.22. The minimum absolute atomic E-state index is 0.0601. The van der Waals surface area contributed by atoms with Crippen LogP contribution >= 0.6 is 0 Å². The summed E-state index contributed by atoms with van der Waals surface area (Å²) in [5.74, 6) is 2.56. The van der Waals surface area contributed by atoms with Crippen molar-refractivity contribution in [2.75, 3.05) is 7.05 Å². The molecular formula is C45H41N4O+. The number of imidazole rings is 1. The molecule has 0 saturated carbocycles. The van der Waals surface area contributed by atoms with Gasteiger partial charge in [-0.1, -0.05) is 87.5 Å². The van der Waals surface area contributed by atoms with E-state index in [1.165, 1.54) is 27.5 Å². The molecule has 50 heavy (non-hydrogen) atoms. The largest absolute Gasteiger partial charge is 0.457 e. The van der Waals surface area contributed by atoms with Crippen LogP contribution < -0.4 is 14.6 Å². The number of aromatic nitrogens is 3. The monoisotopic (exact) mass is 653 g/mol. The van der Waals surface area contributed by atoms with Crippen LogP contribution in [0.25, 0.3) is 61.2 Å². The second-order valence-electron chi connectivity index (χ2n) is 13.8. The van der Waals surface area contributed by atoms with Crippen molar-refractivity contribution in [3.8, 4) is 34.0 Å². The molecule has 6 aromatic carbocycles. The number of hydrogen-bond acceptors (Lipinski definition) is 2. The van der Waals surface area contributed by atoms with E-state index in [9.17, 15) is 0 Å². The molecule has 1 N–H and O–H groups in total. The van der Waals surface area contributed by atoms with Gasteiger partial charge in [0.2, 0.25) is 0 Å². The van der Waals surface area contributed by atoms with Gasteiger partial charge in [0.25, 0.3) is 6.33 Å². The molecular weight excluding hydrogens is 613 g/mol. The Morgan fingerprint density at radius 3 is 2.24 bits per heavy atom. The number of para-hydroxylation sites is 2. The lowest BCUT2D eigenvalue weighted by atomic mass is 9.87. The van der Waals surface area contributed by atoms with E-state index >= 15 is 0 Å². The van der Waals surface area contributed by atoms with Gasteiger partial charge in [0.15, 0.2) is 11.0 Å². The molecule has 0 unspecified atom stereocenters. The lowest BCUT2D eigenvalue weighted by Gasteiger charge is -2.19. The third kappa shape index (κ3) is 5.51. The van der Waals surface area contributed by atoms with Gasteiger partial charge in [0, 0.05) is 30.0 Å². The van der Waals surface area contributed by atoms with Crippen molar-refractivity contribution >= 4 is 38.7 Å². The van der Waals surface area contributed by atoms with Gasteiger partial charge in [-0.05, 0) is 95.8 Å².